The monoisotopic (exact) mass is 280 g/mol. The number of carbonyl (C=O) groups is 1. The molecular formula is C14H18BFO4. The minimum atomic E-state index is -1.01. The van der Waals surface area contributed by atoms with Crippen LogP contribution in [0, 0.1) is 0 Å². The molecule has 0 bridgehead atoms. The quantitative estimate of drug-likeness (QED) is 0.624. The third-order valence-electron chi connectivity index (χ3n) is 3.88. The predicted octanol–water partition coefficient (Wildman–Crippen LogP) is 1.72. The lowest BCUT2D eigenvalue weighted by molar-refractivity contribution is -0.0260. The van der Waals surface area contributed by atoms with Crippen molar-refractivity contribution in [3.05, 3.63) is 29.8 Å². The van der Waals surface area contributed by atoms with E-state index in [1.807, 2.05) is 0 Å². The van der Waals surface area contributed by atoms with Gasteiger partial charge in [-0.15, -0.1) is 0 Å². The van der Waals surface area contributed by atoms with Crippen LogP contribution < -0.4 is 5.46 Å². The van der Waals surface area contributed by atoms with Crippen LogP contribution in [-0.4, -0.2) is 38.1 Å². The second-order valence-electron chi connectivity index (χ2n) is 5.56. The van der Waals surface area contributed by atoms with Crippen LogP contribution in [0.5, 0.6) is 0 Å². The van der Waals surface area contributed by atoms with E-state index in [0.717, 1.165) is 0 Å². The number of alkyl halides is 1. The molecule has 1 unspecified atom stereocenters. The minimum Gasteiger partial charge on any atom is -0.465 e. The van der Waals surface area contributed by atoms with Crippen LogP contribution >= 0.6 is 0 Å². The molecule has 1 atom stereocenters. The predicted molar refractivity (Wildman–Crippen MR) is 73.8 cm³/mol. The first-order chi connectivity index (χ1) is 9.33. The molecule has 1 fully saturated rings. The van der Waals surface area contributed by atoms with Crippen LogP contribution in [0.1, 0.15) is 31.1 Å². The normalized spacial score (nSPS) is 24.8. The summed E-state index contributed by atoms with van der Waals surface area (Å²) in [5.74, 6) is -0.433. The molecule has 0 aliphatic carbocycles. The molecule has 2 rings (SSSR count). The van der Waals surface area contributed by atoms with Gasteiger partial charge in [0.15, 0.2) is 0 Å². The number of halogens is 1. The van der Waals surface area contributed by atoms with Crippen molar-refractivity contribution in [2.45, 2.75) is 32.0 Å². The Morgan fingerprint density at radius 2 is 2.05 bits per heavy atom. The Labute approximate surface area is 118 Å². The van der Waals surface area contributed by atoms with Crippen molar-refractivity contribution in [3.8, 4) is 0 Å². The van der Waals surface area contributed by atoms with Crippen LogP contribution in [0.3, 0.4) is 0 Å². The van der Waals surface area contributed by atoms with E-state index >= 15 is 0 Å². The summed E-state index contributed by atoms with van der Waals surface area (Å²) < 4.78 is 29.4. The molecule has 0 aromatic heterocycles. The standard InChI is InChI=1S/C14H18BFO4/c1-13(2)14(3,9-16)20-15(19-13)11-7-5-6-10(8-11)12(17)18-4/h5-8H,9H2,1-4H3. The van der Waals surface area contributed by atoms with Gasteiger partial charge in [-0.1, -0.05) is 12.1 Å². The summed E-state index contributed by atoms with van der Waals surface area (Å²) in [6.45, 7) is 4.61. The first-order valence-corrected chi connectivity index (χ1v) is 6.43. The Kier molecular flexibility index (Phi) is 3.89. The fourth-order valence-corrected chi connectivity index (χ4v) is 2.05. The van der Waals surface area contributed by atoms with Crippen molar-refractivity contribution in [2.24, 2.45) is 0 Å². The molecule has 20 heavy (non-hydrogen) atoms. The van der Waals surface area contributed by atoms with Crippen molar-refractivity contribution in [1.29, 1.82) is 0 Å². The molecule has 4 nitrogen and oxygen atoms in total. The number of hydrogen-bond donors (Lipinski definition) is 0. The lowest BCUT2D eigenvalue weighted by Gasteiger charge is -2.33. The highest BCUT2D eigenvalue weighted by molar-refractivity contribution is 6.62. The molecule has 1 saturated heterocycles. The topological polar surface area (TPSA) is 44.8 Å². The summed E-state index contributed by atoms with van der Waals surface area (Å²) in [7, 11) is 0.622. The van der Waals surface area contributed by atoms with E-state index in [4.69, 9.17) is 9.31 Å². The lowest BCUT2D eigenvalue weighted by Crippen LogP contribution is -2.46. The number of rotatable bonds is 3. The molecule has 1 heterocycles. The highest BCUT2D eigenvalue weighted by Gasteiger charge is 2.54. The van der Waals surface area contributed by atoms with Gasteiger partial charge in [-0.3, -0.25) is 0 Å². The molecular weight excluding hydrogens is 262 g/mol. The molecule has 6 heteroatoms. The zero-order valence-corrected chi connectivity index (χ0v) is 12.1. The third-order valence-corrected chi connectivity index (χ3v) is 3.88. The molecule has 1 aromatic carbocycles. The largest absolute Gasteiger partial charge is 0.494 e. The lowest BCUT2D eigenvalue weighted by atomic mass is 9.78. The van der Waals surface area contributed by atoms with Gasteiger partial charge in [-0.2, -0.15) is 0 Å². The van der Waals surface area contributed by atoms with Crippen molar-refractivity contribution in [1.82, 2.24) is 0 Å². The highest BCUT2D eigenvalue weighted by atomic mass is 19.1. The summed E-state index contributed by atoms with van der Waals surface area (Å²) in [6.07, 6.45) is 0. The molecule has 0 radical (unpaired) electrons. The number of ether oxygens (including phenoxy) is 1. The Bertz CT molecular complexity index is 520. The van der Waals surface area contributed by atoms with E-state index in [1.54, 1.807) is 45.0 Å². The fourth-order valence-electron chi connectivity index (χ4n) is 2.05. The first kappa shape index (κ1) is 15.0. The van der Waals surface area contributed by atoms with Crippen LogP contribution in [0.2, 0.25) is 0 Å². The zero-order chi connectivity index (χ0) is 15.0. The maximum Gasteiger partial charge on any atom is 0.494 e. The Morgan fingerprint density at radius 1 is 1.35 bits per heavy atom. The van der Waals surface area contributed by atoms with E-state index < -0.39 is 31.0 Å². The van der Waals surface area contributed by atoms with Gasteiger partial charge in [0.1, 0.15) is 12.3 Å². The van der Waals surface area contributed by atoms with Crippen LogP contribution in [0.4, 0.5) is 4.39 Å². The second kappa shape index (κ2) is 5.18. The van der Waals surface area contributed by atoms with Gasteiger partial charge >= 0.3 is 13.1 Å². The Balaban J connectivity index is 2.28. The number of esters is 1. The summed E-state index contributed by atoms with van der Waals surface area (Å²) in [5.41, 5.74) is -0.700. The average molecular weight is 280 g/mol. The van der Waals surface area contributed by atoms with Crippen LogP contribution in [0.15, 0.2) is 24.3 Å². The van der Waals surface area contributed by atoms with E-state index in [2.05, 4.69) is 4.74 Å². The molecule has 1 aliphatic heterocycles. The SMILES string of the molecule is COC(=O)c1cccc(B2OC(C)(C)C(C)(CF)O2)c1. The third kappa shape index (κ3) is 2.45. The van der Waals surface area contributed by atoms with Crippen LogP contribution in [-0.2, 0) is 14.0 Å². The summed E-state index contributed by atoms with van der Waals surface area (Å²) >= 11 is 0. The summed E-state index contributed by atoms with van der Waals surface area (Å²) in [4.78, 5) is 11.5. The minimum absolute atomic E-state index is 0.406. The van der Waals surface area contributed by atoms with E-state index in [9.17, 15) is 9.18 Å². The number of hydrogen-bond acceptors (Lipinski definition) is 4. The van der Waals surface area contributed by atoms with Gasteiger partial charge < -0.3 is 14.0 Å². The molecule has 1 aromatic rings. The second-order valence-corrected chi connectivity index (χ2v) is 5.56. The van der Waals surface area contributed by atoms with E-state index in [-0.39, 0.29) is 0 Å². The smallest absolute Gasteiger partial charge is 0.465 e. The Morgan fingerprint density at radius 3 is 2.60 bits per heavy atom. The molecule has 1 aliphatic rings. The molecule has 0 saturated carbocycles. The van der Waals surface area contributed by atoms with Gasteiger partial charge in [0, 0.05) is 0 Å². The van der Waals surface area contributed by atoms with E-state index in [0.29, 0.717) is 11.0 Å². The maximum atomic E-state index is 13.3. The van der Waals surface area contributed by atoms with Crippen molar-refractivity contribution in [3.63, 3.8) is 0 Å². The molecule has 108 valence electrons. The molecule has 0 amide bonds. The number of methoxy groups -OCH3 is 1. The molecule has 0 N–H and O–H groups in total. The zero-order valence-electron chi connectivity index (χ0n) is 12.1. The number of benzene rings is 1. The molecule has 0 spiro atoms. The fraction of sp³-hybridized carbons (Fsp3) is 0.500. The van der Waals surface area contributed by atoms with Crippen molar-refractivity contribution in [2.75, 3.05) is 13.8 Å². The van der Waals surface area contributed by atoms with Crippen molar-refractivity contribution < 1.29 is 23.2 Å². The van der Waals surface area contributed by atoms with Crippen LogP contribution in [0.25, 0.3) is 0 Å². The van der Waals surface area contributed by atoms with Crippen molar-refractivity contribution >= 4 is 18.6 Å². The summed E-state index contributed by atoms with van der Waals surface area (Å²) in [6, 6.07) is 6.77. The van der Waals surface area contributed by atoms with Gasteiger partial charge in [-0.05, 0) is 38.4 Å². The maximum absolute atomic E-state index is 13.3. The Hall–Kier alpha value is -1.40. The van der Waals surface area contributed by atoms with E-state index in [1.165, 1.54) is 7.11 Å². The first-order valence-electron chi connectivity index (χ1n) is 6.43. The van der Waals surface area contributed by atoms with Gasteiger partial charge in [0.05, 0.1) is 18.3 Å². The number of carbonyl (C=O) groups excluding carboxylic acids is 1. The average Bonchev–Trinajstić information content (AvgIpc) is 2.69. The highest BCUT2D eigenvalue weighted by Crippen LogP contribution is 2.37. The summed E-state index contributed by atoms with van der Waals surface area (Å²) in [5, 5.41) is 0. The van der Waals surface area contributed by atoms with Gasteiger partial charge in [-0.25, -0.2) is 9.18 Å². The van der Waals surface area contributed by atoms with Gasteiger partial charge in [0.2, 0.25) is 0 Å². The van der Waals surface area contributed by atoms with Gasteiger partial charge in [0.25, 0.3) is 0 Å².